The minimum Gasteiger partial charge on any atom is -0.489 e. The summed E-state index contributed by atoms with van der Waals surface area (Å²) in [5.74, 6) is 0.811. The number of hydrogen-bond acceptors (Lipinski definition) is 3. The number of hydrogen-bond donors (Lipinski definition) is 1. The number of aryl methyl sites for hydroxylation is 4. The molecule has 0 unspecified atom stereocenters. The molecule has 0 saturated heterocycles. The van der Waals surface area contributed by atoms with Crippen molar-refractivity contribution < 1.29 is 18.7 Å². The van der Waals surface area contributed by atoms with E-state index in [-0.39, 0.29) is 0 Å². The molecule has 1 N–H and O–H groups in total. The third kappa shape index (κ3) is 4.72. The van der Waals surface area contributed by atoms with Gasteiger partial charge in [0, 0.05) is 5.56 Å². The zero-order valence-electron chi connectivity index (χ0n) is 15.1. The number of benzene rings is 2. The summed E-state index contributed by atoms with van der Waals surface area (Å²) in [6, 6.07) is 9.69. The Hall–Kier alpha value is -2.56. The van der Waals surface area contributed by atoms with Gasteiger partial charge in [0.25, 0.3) is 0 Å². The third-order valence-corrected chi connectivity index (χ3v) is 4.24. The van der Waals surface area contributed by atoms with Crippen LogP contribution in [-0.2, 0) is 17.8 Å². The smallest absolute Gasteiger partial charge is 0.413 e. The molecule has 0 saturated carbocycles. The van der Waals surface area contributed by atoms with E-state index in [4.69, 9.17) is 4.74 Å². The normalized spacial score (nSPS) is 10.4. The second-order valence-electron chi connectivity index (χ2n) is 5.95. The van der Waals surface area contributed by atoms with Crippen LogP contribution < -0.4 is 10.1 Å². The largest absolute Gasteiger partial charge is 0.489 e. The summed E-state index contributed by atoms with van der Waals surface area (Å²) in [5, 5.41) is 2.58. The fourth-order valence-electron chi connectivity index (χ4n) is 2.69. The first kappa shape index (κ1) is 18.8. The molecule has 0 aliphatic carbocycles. The Morgan fingerprint density at radius 2 is 1.84 bits per heavy atom. The average Bonchev–Trinajstić information content (AvgIpc) is 2.57. The summed E-state index contributed by atoms with van der Waals surface area (Å²) in [7, 11) is 0. The summed E-state index contributed by atoms with van der Waals surface area (Å²) in [6.45, 7) is 7.29. The molecule has 1 amide bonds. The lowest BCUT2D eigenvalue weighted by molar-refractivity contribution is 0.111. The second kappa shape index (κ2) is 8.51. The lowest BCUT2D eigenvalue weighted by Gasteiger charge is -2.17. The number of rotatable bonds is 6. The van der Waals surface area contributed by atoms with E-state index >= 15 is 0 Å². The molecule has 0 radical (unpaired) electrons. The predicted octanol–water partition coefficient (Wildman–Crippen LogP) is 5.23. The molecule has 4 nitrogen and oxygen atoms in total. The molecule has 134 valence electrons. The van der Waals surface area contributed by atoms with E-state index < -0.39 is 13.0 Å². The van der Waals surface area contributed by atoms with Gasteiger partial charge in [0.05, 0.1) is 5.69 Å². The van der Waals surface area contributed by atoms with Crippen LogP contribution in [0.5, 0.6) is 5.75 Å². The summed E-state index contributed by atoms with van der Waals surface area (Å²) < 4.78 is 22.5. The van der Waals surface area contributed by atoms with Gasteiger partial charge in [-0.3, -0.25) is 5.32 Å². The highest BCUT2D eigenvalue weighted by Crippen LogP contribution is 2.27. The lowest BCUT2D eigenvalue weighted by Crippen LogP contribution is -2.15. The Balaban J connectivity index is 2.25. The molecule has 0 bridgehead atoms. The van der Waals surface area contributed by atoms with Gasteiger partial charge in [0.2, 0.25) is 6.86 Å². The predicted molar refractivity (Wildman–Crippen MR) is 96.9 cm³/mol. The van der Waals surface area contributed by atoms with Gasteiger partial charge in [-0.2, -0.15) is 0 Å². The quantitative estimate of drug-likeness (QED) is 0.780. The van der Waals surface area contributed by atoms with Gasteiger partial charge in [-0.15, -0.1) is 0 Å². The van der Waals surface area contributed by atoms with Crippen molar-refractivity contribution in [3.05, 3.63) is 58.1 Å². The number of carbonyl (C=O) groups is 1. The van der Waals surface area contributed by atoms with Crippen LogP contribution in [0.25, 0.3) is 0 Å². The van der Waals surface area contributed by atoms with E-state index in [1.54, 1.807) is 6.07 Å². The fourth-order valence-corrected chi connectivity index (χ4v) is 2.69. The first-order valence-corrected chi connectivity index (χ1v) is 8.27. The first-order valence-electron chi connectivity index (χ1n) is 8.27. The number of carbonyl (C=O) groups excluding carboxylic acids is 1. The van der Waals surface area contributed by atoms with Crippen molar-refractivity contribution in [3.8, 4) is 5.75 Å². The fraction of sp³-hybridized carbons (Fsp3) is 0.350. The monoisotopic (exact) mass is 345 g/mol. The van der Waals surface area contributed by atoms with Gasteiger partial charge < -0.3 is 9.47 Å². The molecule has 0 aromatic heterocycles. The first-order chi connectivity index (χ1) is 12.0. The van der Waals surface area contributed by atoms with Gasteiger partial charge in [-0.1, -0.05) is 25.1 Å². The number of amides is 1. The lowest BCUT2D eigenvalue weighted by atomic mass is 10.0. The van der Waals surface area contributed by atoms with Gasteiger partial charge in [-0.25, -0.2) is 9.18 Å². The summed E-state index contributed by atoms with van der Waals surface area (Å²) in [5.41, 5.74) is 5.92. The SMILES string of the molecule is CCc1cccc(NC(=O)OCF)c1COc1cc(C)c(C)cc1C. The van der Waals surface area contributed by atoms with E-state index in [1.165, 1.54) is 5.56 Å². The van der Waals surface area contributed by atoms with E-state index in [2.05, 4.69) is 23.0 Å². The van der Waals surface area contributed by atoms with E-state index in [9.17, 15) is 9.18 Å². The average molecular weight is 345 g/mol. The maximum atomic E-state index is 12.2. The number of anilines is 1. The molecular weight excluding hydrogens is 321 g/mol. The Kier molecular flexibility index (Phi) is 6.39. The highest BCUT2D eigenvalue weighted by molar-refractivity contribution is 5.85. The van der Waals surface area contributed by atoms with Crippen LogP contribution in [0.15, 0.2) is 30.3 Å². The van der Waals surface area contributed by atoms with Crippen molar-refractivity contribution in [1.29, 1.82) is 0 Å². The number of alkyl halides is 1. The van der Waals surface area contributed by atoms with Crippen LogP contribution in [0.1, 0.15) is 34.7 Å². The van der Waals surface area contributed by atoms with Gasteiger partial charge in [-0.05, 0) is 61.6 Å². The minimum atomic E-state index is -1.16. The molecular formula is C20H24FNO3. The zero-order chi connectivity index (χ0) is 18.4. The second-order valence-corrected chi connectivity index (χ2v) is 5.95. The molecule has 0 spiro atoms. The Labute approximate surface area is 148 Å². The number of nitrogens with one attached hydrogen (secondary N) is 1. The van der Waals surface area contributed by atoms with Crippen molar-refractivity contribution in [2.24, 2.45) is 0 Å². The topological polar surface area (TPSA) is 47.6 Å². The molecule has 0 heterocycles. The van der Waals surface area contributed by atoms with Crippen LogP contribution in [0, 0.1) is 20.8 Å². The van der Waals surface area contributed by atoms with Gasteiger partial charge in [0.1, 0.15) is 12.4 Å². The highest BCUT2D eigenvalue weighted by atomic mass is 19.1. The Morgan fingerprint density at radius 1 is 1.12 bits per heavy atom. The highest BCUT2D eigenvalue weighted by Gasteiger charge is 2.13. The van der Waals surface area contributed by atoms with Crippen LogP contribution in [-0.4, -0.2) is 13.0 Å². The van der Waals surface area contributed by atoms with Crippen molar-refractivity contribution in [1.82, 2.24) is 0 Å². The zero-order valence-corrected chi connectivity index (χ0v) is 15.1. The van der Waals surface area contributed by atoms with Crippen LogP contribution in [0.2, 0.25) is 0 Å². The molecule has 2 aromatic rings. The van der Waals surface area contributed by atoms with Crippen LogP contribution >= 0.6 is 0 Å². The third-order valence-electron chi connectivity index (χ3n) is 4.24. The maximum Gasteiger partial charge on any atom is 0.413 e. The van der Waals surface area contributed by atoms with Crippen molar-refractivity contribution >= 4 is 11.8 Å². The Morgan fingerprint density at radius 3 is 2.52 bits per heavy atom. The summed E-state index contributed by atoms with van der Waals surface area (Å²) >= 11 is 0. The minimum absolute atomic E-state index is 0.304. The van der Waals surface area contributed by atoms with Gasteiger partial charge >= 0.3 is 6.09 Å². The van der Waals surface area contributed by atoms with E-state index in [0.29, 0.717) is 12.3 Å². The van der Waals surface area contributed by atoms with E-state index in [1.807, 2.05) is 39.0 Å². The molecule has 5 heteroatoms. The van der Waals surface area contributed by atoms with Crippen molar-refractivity contribution in [2.75, 3.05) is 12.2 Å². The molecule has 0 aliphatic heterocycles. The van der Waals surface area contributed by atoms with Crippen LogP contribution in [0.4, 0.5) is 14.9 Å². The van der Waals surface area contributed by atoms with Gasteiger partial charge in [0.15, 0.2) is 0 Å². The van der Waals surface area contributed by atoms with E-state index in [0.717, 1.165) is 34.4 Å². The van der Waals surface area contributed by atoms with Crippen LogP contribution in [0.3, 0.4) is 0 Å². The van der Waals surface area contributed by atoms with Crippen molar-refractivity contribution in [3.63, 3.8) is 0 Å². The number of ether oxygens (including phenoxy) is 2. The molecule has 0 aliphatic rings. The summed E-state index contributed by atoms with van der Waals surface area (Å²) in [6.07, 6.45) is -0.0301. The van der Waals surface area contributed by atoms with Crippen molar-refractivity contribution in [2.45, 2.75) is 40.7 Å². The summed E-state index contributed by atoms with van der Waals surface area (Å²) in [4.78, 5) is 11.6. The number of halogens is 1. The molecule has 25 heavy (non-hydrogen) atoms. The molecule has 2 aromatic carbocycles. The maximum absolute atomic E-state index is 12.2. The standard InChI is InChI=1S/C20H24FNO3/c1-5-16-7-6-8-18(22-20(23)25-12-21)17(16)11-24-19-10-14(3)13(2)9-15(19)4/h6-10H,5,11-12H2,1-4H3,(H,22,23). The molecule has 2 rings (SSSR count). The Bertz CT molecular complexity index is 759. The molecule has 0 fully saturated rings. The molecule has 0 atom stereocenters.